The van der Waals surface area contributed by atoms with Gasteiger partial charge in [0.25, 0.3) is 0 Å². The normalized spacial score (nSPS) is 28.0. The number of nitrogens with zero attached hydrogens (tertiary/aromatic N) is 1. The highest BCUT2D eigenvalue weighted by atomic mass is 16.2. The van der Waals surface area contributed by atoms with E-state index in [0.717, 1.165) is 28.8 Å². The number of benzene rings is 1. The molecule has 2 fully saturated rings. The fourth-order valence-electron chi connectivity index (χ4n) is 5.00. The first kappa shape index (κ1) is 17.8. The summed E-state index contributed by atoms with van der Waals surface area (Å²) in [6, 6.07) is 3.71. The highest BCUT2D eigenvalue weighted by molar-refractivity contribution is 6.06. The third kappa shape index (κ3) is 2.93. The van der Waals surface area contributed by atoms with E-state index in [1.807, 2.05) is 32.9 Å². The predicted octanol–water partition coefficient (Wildman–Crippen LogP) is 2.54. The minimum atomic E-state index is -0.328. The Morgan fingerprint density at radius 3 is 2.15 bits per heavy atom. The highest BCUT2D eigenvalue weighted by Gasteiger charge is 2.58. The number of allylic oxidation sites excluding steroid dienone is 2. The second-order valence-corrected chi connectivity index (χ2v) is 7.98. The van der Waals surface area contributed by atoms with Crippen molar-refractivity contribution >= 4 is 23.5 Å². The number of amides is 4. The molecule has 4 rings (SSSR count). The largest absolute Gasteiger partial charge is 0.336 e. The molecule has 2 aliphatic carbocycles. The summed E-state index contributed by atoms with van der Waals surface area (Å²) in [5.41, 5.74) is 3.95. The molecule has 0 spiro atoms. The number of urea groups is 1. The number of carbonyl (C=O) groups excluding carboxylic acids is 3. The van der Waals surface area contributed by atoms with Gasteiger partial charge < -0.3 is 10.6 Å². The third-order valence-electron chi connectivity index (χ3n) is 6.10. The number of rotatable bonds is 4. The SMILES string of the molecule is Cc1cc(C)c(NC(=O)NCCN2C(=O)C3C4C=CC(C4)C3C2=O)c(C)c1. The Bertz CT molecular complexity index is 807. The number of hydrogen-bond acceptors (Lipinski definition) is 3. The Hall–Kier alpha value is -2.63. The molecule has 1 aliphatic heterocycles. The molecule has 2 N–H and O–H groups in total. The molecule has 4 unspecified atom stereocenters. The van der Waals surface area contributed by atoms with Gasteiger partial charge in [-0.15, -0.1) is 0 Å². The van der Waals surface area contributed by atoms with Crippen LogP contribution in [0.4, 0.5) is 10.5 Å². The van der Waals surface area contributed by atoms with Crippen LogP contribution < -0.4 is 10.6 Å². The molecule has 1 aromatic carbocycles. The summed E-state index contributed by atoms with van der Waals surface area (Å²) in [6.07, 6.45) is 5.09. The molecule has 27 heavy (non-hydrogen) atoms. The van der Waals surface area contributed by atoms with Crippen LogP contribution in [-0.4, -0.2) is 35.8 Å². The second kappa shape index (κ2) is 6.51. The predicted molar refractivity (Wildman–Crippen MR) is 102 cm³/mol. The van der Waals surface area contributed by atoms with Crippen LogP contribution in [0.3, 0.4) is 0 Å². The Morgan fingerprint density at radius 2 is 1.59 bits per heavy atom. The van der Waals surface area contributed by atoms with Crippen molar-refractivity contribution in [3.63, 3.8) is 0 Å². The lowest BCUT2D eigenvalue weighted by atomic mass is 9.85. The quantitative estimate of drug-likeness (QED) is 0.634. The summed E-state index contributed by atoms with van der Waals surface area (Å²) < 4.78 is 0. The summed E-state index contributed by atoms with van der Waals surface area (Å²) in [5, 5.41) is 5.63. The summed E-state index contributed by atoms with van der Waals surface area (Å²) in [5.74, 6) is -0.0858. The van der Waals surface area contributed by atoms with Crippen molar-refractivity contribution in [2.45, 2.75) is 27.2 Å². The van der Waals surface area contributed by atoms with Gasteiger partial charge in [-0.2, -0.15) is 0 Å². The van der Waals surface area contributed by atoms with Gasteiger partial charge >= 0.3 is 6.03 Å². The Morgan fingerprint density at radius 1 is 1.04 bits per heavy atom. The highest BCUT2D eigenvalue weighted by Crippen LogP contribution is 2.52. The average molecular weight is 367 g/mol. The van der Waals surface area contributed by atoms with Crippen LogP contribution in [0.1, 0.15) is 23.1 Å². The first-order chi connectivity index (χ1) is 12.9. The number of likely N-dealkylation sites (tertiary alicyclic amines) is 1. The van der Waals surface area contributed by atoms with E-state index < -0.39 is 0 Å². The number of fused-ring (bicyclic) bond motifs is 5. The van der Waals surface area contributed by atoms with E-state index in [2.05, 4.69) is 22.8 Å². The lowest BCUT2D eigenvalue weighted by Crippen LogP contribution is -2.41. The summed E-state index contributed by atoms with van der Waals surface area (Å²) >= 11 is 0. The van der Waals surface area contributed by atoms with E-state index in [4.69, 9.17) is 0 Å². The first-order valence-electron chi connectivity index (χ1n) is 9.53. The standard InChI is InChI=1S/C21H25N3O3/c1-11-8-12(2)18(13(3)9-11)23-21(27)22-6-7-24-19(25)16-14-4-5-15(10-14)17(16)20(24)26/h4-5,8-9,14-17H,6-7,10H2,1-3H3,(H2,22,23,27). The topological polar surface area (TPSA) is 78.5 Å². The van der Waals surface area contributed by atoms with Crippen molar-refractivity contribution in [3.05, 3.63) is 41.0 Å². The number of carbonyl (C=O) groups is 3. The van der Waals surface area contributed by atoms with Gasteiger partial charge in [-0.1, -0.05) is 29.8 Å². The molecule has 0 radical (unpaired) electrons. The van der Waals surface area contributed by atoms with Crippen molar-refractivity contribution < 1.29 is 14.4 Å². The smallest absolute Gasteiger partial charge is 0.319 e. The van der Waals surface area contributed by atoms with Crippen LogP contribution >= 0.6 is 0 Å². The Kier molecular flexibility index (Phi) is 4.29. The van der Waals surface area contributed by atoms with Crippen molar-refractivity contribution in [1.29, 1.82) is 0 Å². The van der Waals surface area contributed by atoms with Crippen LogP contribution in [0.2, 0.25) is 0 Å². The van der Waals surface area contributed by atoms with Gasteiger partial charge in [-0.05, 0) is 50.2 Å². The molecule has 1 aromatic rings. The number of aryl methyl sites for hydroxylation is 3. The van der Waals surface area contributed by atoms with Crippen molar-refractivity contribution in [3.8, 4) is 0 Å². The van der Waals surface area contributed by atoms with Gasteiger partial charge in [0.15, 0.2) is 0 Å². The van der Waals surface area contributed by atoms with Crippen LogP contribution in [0.5, 0.6) is 0 Å². The zero-order valence-electron chi connectivity index (χ0n) is 15.9. The maximum atomic E-state index is 12.6. The molecule has 1 saturated heterocycles. The molecule has 4 amide bonds. The molecular weight excluding hydrogens is 342 g/mol. The van der Waals surface area contributed by atoms with Gasteiger partial charge in [0.2, 0.25) is 11.8 Å². The third-order valence-corrected chi connectivity index (χ3v) is 6.10. The van der Waals surface area contributed by atoms with Gasteiger partial charge in [-0.3, -0.25) is 14.5 Å². The van der Waals surface area contributed by atoms with Gasteiger partial charge in [-0.25, -0.2) is 4.79 Å². The summed E-state index contributed by atoms with van der Waals surface area (Å²) in [7, 11) is 0. The Balaban J connectivity index is 1.32. The van der Waals surface area contributed by atoms with E-state index in [9.17, 15) is 14.4 Å². The van der Waals surface area contributed by atoms with Gasteiger partial charge in [0.05, 0.1) is 11.8 Å². The number of nitrogens with one attached hydrogen (secondary N) is 2. The lowest BCUT2D eigenvalue weighted by molar-refractivity contribution is -0.140. The average Bonchev–Trinajstić information content (AvgIpc) is 3.27. The minimum absolute atomic E-state index is 0.0747. The molecule has 1 saturated carbocycles. The second-order valence-electron chi connectivity index (χ2n) is 7.98. The monoisotopic (exact) mass is 367 g/mol. The van der Waals surface area contributed by atoms with E-state index in [1.165, 1.54) is 4.90 Å². The van der Waals surface area contributed by atoms with Gasteiger partial charge in [0.1, 0.15) is 0 Å². The fraction of sp³-hybridized carbons (Fsp3) is 0.476. The van der Waals surface area contributed by atoms with Crippen LogP contribution in [-0.2, 0) is 9.59 Å². The van der Waals surface area contributed by atoms with E-state index in [0.29, 0.717) is 0 Å². The van der Waals surface area contributed by atoms with Crippen molar-refractivity contribution in [2.24, 2.45) is 23.7 Å². The molecule has 0 aromatic heterocycles. The van der Waals surface area contributed by atoms with Crippen molar-refractivity contribution in [2.75, 3.05) is 18.4 Å². The van der Waals surface area contributed by atoms with E-state index in [-0.39, 0.29) is 54.6 Å². The molecule has 2 bridgehead atoms. The Labute approximate surface area is 159 Å². The first-order valence-corrected chi connectivity index (χ1v) is 9.53. The molecule has 1 heterocycles. The zero-order valence-corrected chi connectivity index (χ0v) is 15.9. The van der Waals surface area contributed by atoms with E-state index in [1.54, 1.807) is 0 Å². The molecular formula is C21H25N3O3. The number of anilines is 1. The maximum Gasteiger partial charge on any atom is 0.319 e. The molecule has 6 nitrogen and oxygen atoms in total. The summed E-state index contributed by atoms with van der Waals surface area (Å²) in [6.45, 7) is 6.40. The van der Waals surface area contributed by atoms with Crippen molar-refractivity contribution in [1.82, 2.24) is 10.2 Å². The van der Waals surface area contributed by atoms with Gasteiger partial charge in [0, 0.05) is 18.8 Å². The lowest BCUT2D eigenvalue weighted by Gasteiger charge is -2.18. The van der Waals surface area contributed by atoms with Crippen LogP contribution in [0, 0.1) is 44.4 Å². The minimum Gasteiger partial charge on any atom is -0.336 e. The molecule has 6 heteroatoms. The zero-order chi connectivity index (χ0) is 19.3. The van der Waals surface area contributed by atoms with Crippen LogP contribution in [0.15, 0.2) is 24.3 Å². The molecule has 4 atom stereocenters. The fourth-order valence-corrected chi connectivity index (χ4v) is 5.00. The number of hydrogen-bond donors (Lipinski definition) is 2. The molecule has 3 aliphatic rings. The summed E-state index contributed by atoms with van der Waals surface area (Å²) in [4.78, 5) is 38.8. The van der Waals surface area contributed by atoms with Crippen LogP contribution in [0.25, 0.3) is 0 Å². The molecule has 142 valence electrons. The number of imide groups is 1. The maximum absolute atomic E-state index is 12.6. The van der Waals surface area contributed by atoms with E-state index >= 15 is 0 Å².